The minimum absolute atomic E-state index is 0.00877. The van der Waals surface area contributed by atoms with E-state index in [1.807, 2.05) is 0 Å². The Labute approximate surface area is 81.8 Å². The minimum atomic E-state index is 0.00877. The summed E-state index contributed by atoms with van der Waals surface area (Å²) in [6.07, 6.45) is 5.18. The van der Waals surface area contributed by atoms with E-state index in [-0.39, 0.29) is 5.60 Å². The molecule has 2 unspecified atom stereocenters. The fourth-order valence-electron chi connectivity index (χ4n) is 2.39. The molecular weight excluding hydrogens is 162 g/mol. The Morgan fingerprint density at radius 3 is 2.62 bits per heavy atom. The molecule has 2 atom stereocenters. The zero-order valence-corrected chi connectivity index (χ0v) is 9.18. The second kappa shape index (κ2) is 4.43. The first-order valence-electron chi connectivity index (χ1n) is 5.50. The third-order valence-corrected chi connectivity index (χ3v) is 3.10. The van der Waals surface area contributed by atoms with Crippen molar-refractivity contribution in [2.24, 2.45) is 11.7 Å². The van der Waals surface area contributed by atoms with E-state index in [0.29, 0.717) is 12.6 Å². The molecule has 0 heterocycles. The molecule has 1 rings (SSSR count). The molecule has 0 aromatic carbocycles. The third kappa shape index (κ3) is 2.68. The van der Waals surface area contributed by atoms with Gasteiger partial charge < -0.3 is 10.5 Å². The number of hydrogen-bond acceptors (Lipinski definition) is 2. The van der Waals surface area contributed by atoms with Gasteiger partial charge in [-0.2, -0.15) is 0 Å². The maximum Gasteiger partial charge on any atom is 0.0810 e. The number of hydrogen-bond donors (Lipinski definition) is 1. The minimum Gasteiger partial charge on any atom is -0.371 e. The van der Waals surface area contributed by atoms with Gasteiger partial charge >= 0.3 is 0 Å². The quantitative estimate of drug-likeness (QED) is 0.729. The highest BCUT2D eigenvalue weighted by atomic mass is 16.5. The van der Waals surface area contributed by atoms with Gasteiger partial charge in [0, 0.05) is 6.54 Å². The summed E-state index contributed by atoms with van der Waals surface area (Å²) in [6.45, 7) is 7.13. The summed E-state index contributed by atoms with van der Waals surface area (Å²) < 4.78 is 5.96. The molecule has 0 aromatic heterocycles. The summed E-state index contributed by atoms with van der Waals surface area (Å²) in [5.41, 5.74) is 5.82. The van der Waals surface area contributed by atoms with Crippen molar-refractivity contribution in [2.45, 2.75) is 58.2 Å². The zero-order valence-electron chi connectivity index (χ0n) is 9.18. The fourth-order valence-corrected chi connectivity index (χ4v) is 2.39. The predicted octanol–water partition coefficient (Wildman–Crippen LogP) is 2.32. The van der Waals surface area contributed by atoms with Gasteiger partial charge in [0.1, 0.15) is 0 Å². The summed E-state index contributed by atoms with van der Waals surface area (Å²) in [4.78, 5) is 0. The van der Waals surface area contributed by atoms with Crippen LogP contribution in [0.25, 0.3) is 0 Å². The smallest absolute Gasteiger partial charge is 0.0810 e. The summed E-state index contributed by atoms with van der Waals surface area (Å²) in [5, 5.41) is 0. The van der Waals surface area contributed by atoms with Crippen molar-refractivity contribution in [2.75, 3.05) is 6.54 Å². The Balaban J connectivity index is 2.52. The molecule has 1 aliphatic carbocycles. The van der Waals surface area contributed by atoms with Crippen LogP contribution in [-0.2, 0) is 4.74 Å². The van der Waals surface area contributed by atoms with Crippen molar-refractivity contribution in [3.05, 3.63) is 0 Å². The van der Waals surface area contributed by atoms with E-state index in [4.69, 9.17) is 10.5 Å². The average molecular weight is 185 g/mol. The molecule has 1 fully saturated rings. The van der Waals surface area contributed by atoms with Crippen molar-refractivity contribution in [3.8, 4) is 0 Å². The maximum absolute atomic E-state index is 5.96. The lowest BCUT2D eigenvalue weighted by atomic mass is 9.98. The topological polar surface area (TPSA) is 35.2 Å². The predicted molar refractivity (Wildman–Crippen MR) is 55.6 cm³/mol. The van der Waals surface area contributed by atoms with E-state index >= 15 is 0 Å². The molecule has 0 spiro atoms. The molecule has 0 amide bonds. The van der Waals surface area contributed by atoms with Gasteiger partial charge in [0.05, 0.1) is 11.7 Å². The van der Waals surface area contributed by atoms with Crippen molar-refractivity contribution >= 4 is 0 Å². The summed E-state index contributed by atoms with van der Waals surface area (Å²) in [7, 11) is 0. The molecule has 1 saturated carbocycles. The Hall–Kier alpha value is -0.0800. The van der Waals surface area contributed by atoms with Crippen molar-refractivity contribution in [1.82, 2.24) is 0 Å². The molecule has 1 aliphatic rings. The van der Waals surface area contributed by atoms with E-state index in [1.54, 1.807) is 0 Å². The lowest BCUT2D eigenvalue weighted by Crippen LogP contribution is -2.40. The number of ether oxygens (including phenoxy) is 1. The molecule has 2 nitrogen and oxygen atoms in total. The summed E-state index contributed by atoms with van der Waals surface area (Å²) >= 11 is 0. The maximum atomic E-state index is 5.96. The molecule has 0 saturated heterocycles. The second-order valence-corrected chi connectivity index (χ2v) is 4.57. The van der Waals surface area contributed by atoms with Gasteiger partial charge in [-0.3, -0.25) is 0 Å². The van der Waals surface area contributed by atoms with Crippen molar-refractivity contribution in [3.63, 3.8) is 0 Å². The Morgan fingerprint density at radius 2 is 2.23 bits per heavy atom. The Morgan fingerprint density at radius 1 is 1.54 bits per heavy atom. The fraction of sp³-hybridized carbons (Fsp3) is 1.00. The summed E-state index contributed by atoms with van der Waals surface area (Å²) in [5.74, 6) is 0.835. The van der Waals surface area contributed by atoms with Gasteiger partial charge in [-0.1, -0.05) is 13.3 Å². The van der Waals surface area contributed by atoms with Crippen molar-refractivity contribution < 1.29 is 4.74 Å². The van der Waals surface area contributed by atoms with Gasteiger partial charge in [0.2, 0.25) is 0 Å². The normalized spacial score (nSPS) is 34.4. The number of nitrogens with two attached hydrogens (primary N) is 1. The zero-order chi connectivity index (χ0) is 9.90. The molecule has 78 valence electrons. The van der Waals surface area contributed by atoms with E-state index in [2.05, 4.69) is 20.8 Å². The van der Waals surface area contributed by atoms with Crippen LogP contribution in [0, 0.1) is 5.92 Å². The van der Waals surface area contributed by atoms with Crippen molar-refractivity contribution in [1.29, 1.82) is 0 Å². The lowest BCUT2D eigenvalue weighted by molar-refractivity contribution is -0.0716. The van der Waals surface area contributed by atoms with Crippen LogP contribution in [0.3, 0.4) is 0 Å². The van der Waals surface area contributed by atoms with Crippen LogP contribution in [0.5, 0.6) is 0 Å². The van der Waals surface area contributed by atoms with E-state index in [9.17, 15) is 0 Å². The standard InChI is InChI=1S/C11H23NO/c1-4-10-5-6-11(7-10,8-12)13-9(2)3/h9-10H,4-8,12H2,1-3H3. The largest absolute Gasteiger partial charge is 0.371 e. The van der Waals surface area contributed by atoms with Gasteiger partial charge in [-0.15, -0.1) is 0 Å². The van der Waals surface area contributed by atoms with Gasteiger partial charge in [0.15, 0.2) is 0 Å². The molecule has 13 heavy (non-hydrogen) atoms. The summed E-state index contributed by atoms with van der Waals surface area (Å²) in [6, 6.07) is 0. The average Bonchev–Trinajstić information content (AvgIpc) is 2.48. The molecule has 0 radical (unpaired) electrons. The third-order valence-electron chi connectivity index (χ3n) is 3.10. The van der Waals surface area contributed by atoms with Crippen LogP contribution < -0.4 is 5.73 Å². The van der Waals surface area contributed by atoms with Crippen LogP contribution in [-0.4, -0.2) is 18.2 Å². The van der Waals surface area contributed by atoms with Crippen LogP contribution in [0.1, 0.15) is 46.5 Å². The van der Waals surface area contributed by atoms with E-state index in [1.165, 1.54) is 12.8 Å². The van der Waals surface area contributed by atoms with Gasteiger partial charge in [-0.25, -0.2) is 0 Å². The van der Waals surface area contributed by atoms with Crippen LogP contribution in [0.4, 0.5) is 0 Å². The first-order valence-corrected chi connectivity index (χ1v) is 5.50. The molecule has 0 aromatic rings. The lowest BCUT2D eigenvalue weighted by Gasteiger charge is -2.30. The molecule has 0 aliphatic heterocycles. The van der Waals surface area contributed by atoms with Gasteiger partial charge in [-0.05, 0) is 39.0 Å². The van der Waals surface area contributed by atoms with Crippen LogP contribution in [0.2, 0.25) is 0 Å². The number of rotatable bonds is 4. The first kappa shape index (κ1) is 11.0. The Kier molecular flexibility index (Phi) is 3.74. The molecule has 2 heteroatoms. The molecule has 0 bridgehead atoms. The highest BCUT2D eigenvalue weighted by molar-refractivity contribution is 4.91. The van der Waals surface area contributed by atoms with E-state index in [0.717, 1.165) is 18.8 Å². The molecule has 2 N–H and O–H groups in total. The highest BCUT2D eigenvalue weighted by Crippen LogP contribution is 2.38. The molecular formula is C11H23NO. The van der Waals surface area contributed by atoms with Gasteiger partial charge in [0.25, 0.3) is 0 Å². The SMILES string of the molecule is CCC1CCC(CN)(OC(C)C)C1. The van der Waals surface area contributed by atoms with Crippen LogP contribution in [0.15, 0.2) is 0 Å². The monoisotopic (exact) mass is 185 g/mol. The first-order chi connectivity index (χ1) is 6.12. The van der Waals surface area contributed by atoms with Crippen LogP contribution >= 0.6 is 0 Å². The van der Waals surface area contributed by atoms with E-state index < -0.39 is 0 Å². The second-order valence-electron chi connectivity index (χ2n) is 4.57. The Bertz CT molecular complexity index is 158. The highest BCUT2D eigenvalue weighted by Gasteiger charge is 2.38.